The van der Waals surface area contributed by atoms with E-state index in [4.69, 9.17) is 0 Å². The number of nitrogens with one attached hydrogen (secondary N) is 3. The number of urea groups is 1. The minimum Gasteiger partial charge on any atom is -0.480 e. The van der Waals surface area contributed by atoms with E-state index in [1.807, 2.05) is 76.2 Å². The molecule has 1 heterocycles. The first-order valence-electron chi connectivity index (χ1n) is 17.4. The van der Waals surface area contributed by atoms with E-state index in [0.29, 0.717) is 38.1 Å². The number of carbonyl (C=O) groups excluding carboxylic acids is 2. The summed E-state index contributed by atoms with van der Waals surface area (Å²) < 4.78 is 0. The lowest BCUT2D eigenvalue weighted by Crippen LogP contribution is -2.64. The van der Waals surface area contributed by atoms with Crippen molar-refractivity contribution in [3.05, 3.63) is 66.0 Å². The molecule has 260 valence electrons. The number of aromatic nitrogens is 1. The molecule has 0 aliphatic heterocycles. The van der Waals surface area contributed by atoms with E-state index in [0.717, 1.165) is 43.4 Å². The molecule has 1 aromatic heterocycles. The van der Waals surface area contributed by atoms with E-state index >= 15 is 0 Å². The summed E-state index contributed by atoms with van der Waals surface area (Å²) in [4.78, 5) is 44.6. The lowest BCUT2D eigenvalue weighted by atomic mass is 9.83. The van der Waals surface area contributed by atoms with Gasteiger partial charge >= 0.3 is 12.0 Å². The second-order valence-corrected chi connectivity index (χ2v) is 14.2. The highest BCUT2D eigenvalue weighted by Gasteiger charge is 2.36. The maximum atomic E-state index is 14.1. The lowest BCUT2D eigenvalue weighted by molar-refractivity contribution is -0.143. The van der Waals surface area contributed by atoms with Crippen molar-refractivity contribution in [1.29, 1.82) is 0 Å². The van der Waals surface area contributed by atoms with E-state index < -0.39 is 42.1 Å². The zero-order chi connectivity index (χ0) is 34.2. The Labute approximate surface area is 281 Å². The summed E-state index contributed by atoms with van der Waals surface area (Å²) in [6.07, 6.45) is 10.1. The first-order chi connectivity index (χ1) is 22.5. The van der Waals surface area contributed by atoms with Crippen molar-refractivity contribution < 1.29 is 24.6 Å². The van der Waals surface area contributed by atoms with Crippen LogP contribution in [0.2, 0.25) is 0 Å². The molecule has 0 saturated heterocycles. The minimum absolute atomic E-state index is 0.160. The van der Waals surface area contributed by atoms with Crippen LogP contribution in [0.5, 0.6) is 0 Å². The van der Waals surface area contributed by atoms with Crippen molar-refractivity contribution in [2.75, 3.05) is 6.54 Å². The molecule has 0 bridgehead atoms. The fourth-order valence-corrected chi connectivity index (χ4v) is 6.16. The number of rotatable bonds is 18. The van der Waals surface area contributed by atoms with E-state index in [1.54, 1.807) is 6.20 Å². The second-order valence-electron chi connectivity index (χ2n) is 14.2. The molecule has 0 spiro atoms. The smallest absolute Gasteiger partial charge is 0.332 e. The number of carbonyl (C=O) groups is 3. The number of aryl methyl sites for hydroxylation is 1. The Morgan fingerprint density at radius 1 is 1.00 bits per heavy atom. The minimum atomic E-state index is -1.12. The number of carboxylic acid groups (broad SMARTS) is 1. The van der Waals surface area contributed by atoms with E-state index in [2.05, 4.69) is 21.0 Å². The predicted octanol–water partition coefficient (Wildman–Crippen LogP) is 5.65. The van der Waals surface area contributed by atoms with Crippen molar-refractivity contribution >= 4 is 17.9 Å². The summed E-state index contributed by atoms with van der Waals surface area (Å²) in [6, 6.07) is 12.0. The summed E-state index contributed by atoms with van der Waals surface area (Å²) in [7, 11) is 0. The van der Waals surface area contributed by atoms with Crippen LogP contribution in [-0.4, -0.2) is 68.9 Å². The molecule has 0 radical (unpaired) electrons. The molecule has 4 atom stereocenters. The fraction of sp³-hybridized carbons (Fsp3) is 0.622. The summed E-state index contributed by atoms with van der Waals surface area (Å²) in [5, 5.41) is 28.6. The number of pyridine rings is 1. The van der Waals surface area contributed by atoms with Crippen molar-refractivity contribution in [2.45, 2.75) is 129 Å². The average Bonchev–Trinajstić information content (AvgIpc) is 3.05. The van der Waals surface area contributed by atoms with Crippen molar-refractivity contribution in [2.24, 2.45) is 11.3 Å². The maximum Gasteiger partial charge on any atom is 0.332 e. The molecule has 3 amide bonds. The van der Waals surface area contributed by atoms with Crippen LogP contribution in [0.3, 0.4) is 0 Å². The van der Waals surface area contributed by atoms with Gasteiger partial charge in [-0.05, 0) is 61.1 Å². The molecule has 5 N–H and O–H groups in total. The van der Waals surface area contributed by atoms with Crippen LogP contribution >= 0.6 is 0 Å². The van der Waals surface area contributed by atoms with Crippen LogP contribution in [0.1, 0.15) is 103 Å². The normalized spacial score (nSPS) is 16.4. The van der Waals surface area contributed by atoms with Crippen LogP contribution in [0.25, 0.3) is 0 Å². The standard InChI is InChI=1S/C37H57N5O5/c1-5-15-30(35(45)46)40-34(44)32(25-28-18-10-7-11-19-28)42(36(47)39-26-37(2,3)4)41-31(24-27-16-8-6-9-17-27)33(43)22-14-21-29-20-12-13-23-38-29/h7,10-13,18-20,23,27,30-33,41,43H,5-6,8-9,14-17,21-22,24-26H2,1-4H3,(H,39,47)(H,40,44)(H,45,46)/t30-,31-,32-,33-/m0/s1. The molecule has 0 unspecified atom stereocenters. The summed E-state index contributed by atoms with van der Waals surface area (Å²) >= 11 is 0. The number of nitrogens with zero attached hydrogens (tertiary/aromatic N) is 2. The third kappa shape index (κ3) is 13.6. The van der Waals surface area contributed by atoms with E-state index in [-0.39, 0.29) is 18.3 Å². The van der Waals surface area contributed by atoms with Crippen molar-refractivity contribution in [3.63, 3.8) is 0 Å². The second kappa shape index (κ2) is 19.4. The van der Waals surface area contributed by atoms with Crippen LogP contribution in [0, 0.1) is 11.3 Å². The molecule has 2 aromatic rings. The Kier molecular flexibility index (Phi) is 15.6. The van der Waals surface area contributed by atoms with Gasteiger partial charge in [0, 0.05) is 24.9 Å². The number of hydrazine groups is 1. The van der Waals surface area contributed by atoms with Gasteiger partial charge in [-0.25, -0.2) is 20.0 Å². The molecule has 10 heteroatoms. The molecule has 3 rings (SSSR count). The summed E-state index contributed by atoms with van der Waals surface area (Å²) in [5.74, 6) is -1.29. The molecule has 47 heavy (non-hydrogen) atoms. The molecular formula is C37H57N5O5. The van der Waals surface area contributed by atoms with Gasteiger partial charge in [0.15, 0.2) is 0 Å². The predicted molar refractivity (Wildman–Crippen MR) is 184 cm³/mol. The summed E-state index contributed by atoms with van der Waals surface area (Å²) in [5.41, 5.74) is 4.93. The number of aliphatic hydroxyl groups is 1. The molecule has 1 aliphatic carbocycles. The Morgan fingerprint density at radius 3 is 2.32 bits per heavy atom. The zero-order valence-corrected chi connectivity index (χ0v) is 28.8. The van der Waals surface area contributed by atoms with Crippen molar-refractivity contribution in [3.8, 4) is 0 Å². The topological polar surface area (TPSA) is 144 Å². The zero-order valence-electron chi connectivity index (χ0n) is 28.8. The number of hydrogen-bond acceptors (Lipinski definition) is 6. The van der Waals surface area contributed by atoms with Gasteiger partial charge in [0.2, 0.25) is 5.91 Å². The van der Waals surface area contributed by atoms with Gasteiger partial charge in [0.1, 0.15) is 12.1 Å². The quantitative estimate of drug-likeness (QED) is 0.131. The maximum absolute atomic E-state index is 14.1. The molecule has 10 nitrogen and oxygen atoms in total. The highest BCUT2D eigenvalue weighted by Crippen LogP contribution is 2.29. The highest BCUT2D eigenvalue weighted by atomic mass is 16.4. The average molecular weight is 652 g/mol. The third-order valence-electron chi connectivity index (χ3n) is 8.81. The van der Waals surface area contributed by atoms with Crippen LogP contribution in [0.4, 0.5) is 4.79 Å². The Balaban J connectivity index is 1.95. The largest absolute Gasteiger partial charge is 0.480 e. The van der Waals surface area contributed by atoms with Gasteiger partial charge in [-0.2, -0.15) is 0 Å². The lowest BCUT2D eigenvalue weighted by Gasteiger charge is -2.38. The third-order valence-corrected chi connectivity index (χ3v) is 8.81. The van der Waals surface area contributed by atoms with Gasteiger partial charge < -0.3 is 20.8 Å². The monoisotopic (exact) mass is 651 g/mol. The molecule has 1 aromatic carbocycles. The number of aliphatic carboxylic acids is 1. The van der Waals surface area contributed by atoms with Crippen LogP contribution in [-0.2, 0) is 22.4 Å². The number of benzene rings is 1. The molecular weight excluding hydrogens is 594 g/mol. The SMILES string of the molecule is CCC[C@H](NC(=O)[C@H](Cc1ccccc1)N(N[C@@H](CC1CCCCC1)[C@@H](O)CCCc1ccccn1)C(=O)NCC(C)(C)C)C(=O)O. The first-order valence-corrected chi connectivity index (χ1v) is 17.4. The molecule has 1 saturated carbocycles. The van der Waals surface area contributed by atoms with Gasteiger partial charge in [0.25, 0.3) is 0 Å². The first kappa shape index (κ1) is 38.0. The number of amides is 3. The van der Waals surface area contributed by atoms with E-state index in [1.165, 1.54) is 11.4 Å². The fourth-order valence-electron chi connectivity index (χ4n) is 6.16. The Hall–Kier alpha value is -3.50. The van der Waals surface area contributed by atoms with E-state index in [9.17, 15) is 24.6 Å². The van der Waals surface area contributed by atoms with Crippen molar-refractivity contribution in [1.82, 2.24) is 26.1 Å². The molecule has 1 aliphatic rings. The molecule has 1 fully saturated rings. The van der Waals surface area contributed by atoms with Gasteiger partial charge in [0.05, 0.1) is 12.1 Å². The highest BCUT2D eigenvalue weighted by molar-refractivity contribution is 5.90. The number of hydrogen-bond donors (Lipinski definition) is 5. The van der Waals surface area contributed by atoms with Crippen LogP contribution < -0.4 is 16.1 Å². The van der Waals surface area contributed by atoms with Crippen LogP contribution in [0.15, 0.2) is 54.7 Å². The number of carboxylic acids is 1. The summed E-state index contributed by atoms with van der Waals surface area (Å²) in [6.45, 7) is 8.26. The van der Waals surface area contributed by atoms with Gasteiger partial charge in [-0.15, -0.1) is 0 Å². The Morgan fingerprint density at radius 2 is 1.70 bits per heavy atom. The van der Waals surface area contributed by atoms with Gasteiger partial charge in [-0.1, -0.05) is 103 Å². The Bertz CT molecular complexity index is 1220. The van der Waals surface area contributed by atoms with Gasteiger partial charge in [-0.3, -0.25) is 9.78 Å². The number of aliphatic hydroxyl groups excluding tert-OH is 1.